The third kappa shape index (κ3) is 3.40. The van der Waals surface area contributed by atoms with Crippen LogP contribution in [-0.4, -0.2) is 31.3 Å². The second kappa shape index (κ2) is 6.97. The number of benzene rings is 2. The van der Waals surface area contributed by atoms with Gasteiger partial charge in [0.25, 0.3) is 11.7 Å². The predicted octanol–water partition coefficient (Wildman–Crippen LogP) is 3.26. The van der Waals surface area contributed by atoms with Crippen LogP contribution < -0.4 is 5.32 Å². The summed E-state index contributed by atoms with van der Waals surface area (Å²) in [5, 5.41) is 7.15. The maximum absolute atomic E-state index is 12.8. The standard InChI is InChI=1S/C19H12ClN5O2/c20-13-7-8-15(14(11-13)16(26)12-5-2-1-3-6-12)22-18(27)17-23-19-21-9-4-10-25(19)24-17/h1-11H,(H,22,27). The number of ketones is 1. The fourth-order valence-electron chi connectivity index (χ4n) is 2.57. The highest BCUT2D eigenvalue weighted by Crippen LogP contribution is 2.24. The van der Waals surface area contributed by atoms with E-state index in [1.165, 1.54) is 10.6 Å². The molecule has 0 bridgehead atoms. The Morgan fingerprint density at radius 3 is 2.63 bits per heavy atom. The Morgan fingerprint density at radius 2 is 1.85 bits per heavy atom. The number of fused-ring (bicyclic) bond motifs is 1. The molecule has 2 aromatic heterocycles. The zero-order valence-corrected chi connectivity index (χ0v) is 14.6. The molecule has 8 heteroatoms. The highest BCUT2D eigenvalue weighted by atomic mass is 35.5. The van der Waals surface area contributed by atoms with Crippen molar-refractivity contribution < 1.29 is 9.59 Å². The van der Waals surface area contributed by atoms with Gasteiger partial charge < -0.3 is 5.32 Å². The molecule has 0 aliphatic carbocycles. The molecule has 2 aromatic carbocycles. The molecule has 27 heavy (non-hydrogen) atoms. The lowest BCUT2D eigenvalue weighted by Crippen LogP contribution is -2.16. The Balaban J connectivity index is 1.67. The molecule has 7 nitrogen and oxygen atoms in total. The number of nitrogens with zero attached hydrogens (tertiary/aromatic N) is 4. The van der Waals surface area contributed by atoms with Crippen LogP contribution in [0.2, 0.25) is 5.02 Å². The van der Waals surface area contributed by atoms with E-state index in [2.05, 4.69) is 20.4 Å². The minimum absolute atomic E-state index is 0.0539. The molecule has 0 radical (unpaired) electrons. The zero-order chi connectivity index (χ0) is 18.8. The average Bonchev–Trinajstić information content (AvgIpc) is 3.14. The van der Waals surface area contributed by atoms with Crippen molar-refractivity contribution in [2.75, 3.05) is 5.32 Å². The van der Waals surface area contributed by atoms with Crippen LogP contribution in [0, 0.1) is 0 Å². The molecule has 0 aliphatic heterocycles. The molecule has 0 aliphatic rings. The zero-order valence-electron chi connectivity index (χ0n) is 13.8. The number of hydrogen-bond donors (Lipinski definition) is 1. The highest BCUT2D eigenvalue weighted by molar-refractivity contribution is 6.31. The first-order chi connectivity index (χ1) is 13.1. The molecule has 1 amide bonds. The first kappa shape index (κ1) is 16.9. The van der Waals surface area contributed by atoms with Crippen molar-refractivity contribution in [2.45, 2.75) is 0 Å². The SMILES string of the molecule is O=C(Nc1ccc(Cl)cc1C(=O)c1ccccc1)c1nc2ncccn2n1. The van der Waals surface area contributed by atoms with Gasteiger partial charge in [-0.25, -0.2) is 9.50 Å². The molecular formula is C19H12ClN5O2. The molecule has 4 aromatic rings. The van der Waals surface area contributed by atoms with E-state index in [4.69, 9.17) is 11.6 Å². The van der Waals surface area contributed by atoms with E-state index in [9.17, 15) is 9.59 Å². The van der Waals surface area contributed by atoms with E-state index < -0.39 is 5.91 Å². The van der Waals surface area contributed by atoms with E-state index in [0.717, 1.165) is 0 Å². The molecule has 0 saturated heterocycles. The van der Waals surface area contributed by atoms with Crippen LogP contribution in [0.5, 0.6) is 0 Å². The van der Waals surface area contributed by atoms with Crippen molar-refractivity contribution >= 4 is 34.8 Å². The van der Waals surface area contributed by atoms with Crippen molar-refractivity contribution in [3.8, 4) is 0 Å². The number of halogens is 1. The number of carbonyl (C=O) groups excluding carboxylic acids is 2. The van der Waals surface area contributed by atoms with Crippen LogP contribution in [0.4, 0.5) is 5.69 Å². The molecule has 1 N–H and O–H groups in total. The van der Waals surface area contributed by atoms with E-state index in [-0.39, 0.29) is 17.2 Å². The van der Waals surface area contributed by atoms with E-state index in [1.807, 2.05) is 6.07 Å². The second-order valence-electron chi connectivity index (χ2n) is 5.64. The summed E-state index contributed by atoms with van der Waals surface area (Å²) >= 11 is 6.05. The Labute approximate surface area is 158 Å². The topological polar surface area (TPSA) is 89.2 Å². The molecule has 0 saturated carbocycles. The van der Waals surface area contributed by atoms with Crippen LogP contribution in [0.1, 0.15) is 26.5 Å². The van der Waals surface area contributed by atoms with Crippen molar-refractivity contribution in [3.63, 3.8) is 0 Å². The number of anilines is 1. The minimum atomic E-state index is -0.551. The Kier molecular flexibility index (Phi) is 4.35. The largest absolute Gasteiger partial charge is 0.319 e. The van der Waals surface area contributed by atoms with Gasteiger partial charge in [0, 0.05) is 28.5 Å². The Bertz CT molecular complexity index is 1120. The molecule has 2 heterocycles. The number of carbonyl (C=O) groups is 2. The summed E-state index contributed by atoms with van der Waals surface area (Å²) in [6.45, 7) is 0. The number of rotatable bonds is 4. The molecule has 132 valence electrons. The summed E-state index contributed by atoms with van der Waals surface area (Å²) in [6.07, 6.45) is 3.19. The number of hydrogen-bond acceptors (Lipinski definition) is 5. The Morgan fingerprint density at radius 1 is 1.04 bits per heavy atom. The van der Waals surface area contributed by atoms with E-state index in [1.54, 1.807) is 54.9 Å². The molecular weight excluding hydrogens is 366 g/mol. The van der Waals surface area contributed by atoms with Gasteiger partial charge in [0.05, 0.1) is 5.69 Å². The van der Waals surface area contributed by atoms with Crippen LogP contribution in [0.15, 0.2) is 67.0 Å². The summed E-state index contributed by atoms with van der Waals surface area (Å²) in [6, 6.07) is 15.1. The lowest BCUT2D eigenvalue weighted by atomic mass is 10.0. The normalized spacial score (nSPS) is 10.7. The Hall–Kier alpha value is -3.58. The summed E-state index contributed by atoms with van der Waals surface area (Å²) in [5.41, 5.74) is 1.10. The average molecular weight is 378 g/mol. The third-order valence-corrected chi connectivity index (χ3v) is 4.07. The summed E-state index contributed by atoms with van der Waals surface area (Å²) in [4.78, 5) is 33.5. The summed E-state index contributed by atoms with van der Waals surface area (Å²) < 4.78 is 1.40. The highest BCUT2D eigenvalue weighted by Gasteiger charge is 2.19. The van der Waals surface area contributed by atoms with Gasteiger partial charge in [0.15, 0.2) is 5.78 Å². The number of amides is 1. The molecule has 4 rings (SSSR count). The summed E-state index contributed by atoms with van der Waals surface area (Å²) in [5.74, 6) is -0.552. The first-order valence-electron chi connectivity index (χ1n) is 8.00. The molecule has 0 unspecified atom stereocenters. The van der Waals surface area contributed by atoms with E-state index in [0.29, 0.717) is 22.1 Å². The van der Waals surface area contributed by atoms with Crippen LogP contribution in [0.25, 0.3) is 5.78 Å². The van der Waals surface area contributed by atoms with Crippen molar-refractivity contribution in [2.24, 2.45) is 0 Å². The maximum atomic E-state index is 12.8. The minimum Gasteiger partial charge on any atom is -0.319 e. The van der Waals surface area contributed by atoms with Crippen molar-refractivity contribution in [1.29, 1.82) is 0 Å². The fourth-order valence-corrected chi connectivity index (χ4v) is 2.74. The fraction of sp³-hybridized carbons (Fsp3) is 0. The third-order valence-electron chi connectivity index (χ3n) is 3.83. The van der Waals surface area contributed by atoms with E-state index >= 15 is 0 Å². The first-order valence-corrected chi connectivity index (χ1v) is 8.38. The molecule has 0 spiro atoms. The monoisotopic (exact) mass is 377 g/mol. The summed E-state index contributed by atoms with van der Waals surface area (Å²) in [7, 11) is 0. The second-order valence-corrected chi connectivity index (χ2v) is 6.08. The van der Waals surface area contributed by atoms with Gasteiger partial charge in [0.1, 0.15) is 0 Å². The van der Waals surface area contributed by atoms with Gasteiger partial charge in [0.2, 0.25) is 5.82 Å². The maximum Gasteiger partial charge on any atom is 0.295 e. The predicted molar refractivity (Wildman–Crippen MR) is 100 cm³/mol. The molecule has 0 fully saturated rings. The van der Waals surface area contributed by atoms with Crippen LogP contribution >= 0.6 is 11.6 Å². The quantitative estimate of drug-likeness (QED) is 0.551. The van der Waals surface area contributed by atoms with Crippen molar-refractivity contribution in [1.82, 2.24) is 19.6 Å². The van der Waals surface area contributed by atoms with Gasteiger partial charge in [-0.1, -0.05) is 41.9 Å². The van der Waals surface area contributed by atoms with Gasteiger partial charge in [-0.05, 0) is 24.3 Å². The lowest BCUT2D eigenvalue weighted by Gasteiger charge is -2.10. The van der Waals surface area contributed by atoms with Crippen molar-refractivity contribution in [3.05, 3.63) is 89.0 Å². The number of nitrogens with one attached hydrogen (secondary N) is 1. The molecule has 0 atom stereocenters. The number of aromatic nitrogens is 4. The lowest BCUT2D eigenvalue weighted by molar-refractivity contribution is 0.101. The van der Waals surface area contributed by atoms with Gasteiger partial charge in [-0.15, -0.1) is 5.10 Å². The van der Waals surface area contributed by atoms with Gasteiger partial charge in [-0.3, -0.25) is 9.59 Å². The van der Waals surface area contributed by atoms with Gasteiger partial charge >= 0.3 is 0 Å². The van der Waals surface area contributed by atoms with Gasteiger partial charge in [-0.2, -0.15) is 4.98 Å². The van der Waals surface area contributed by atoms with Crippen LogP contribution in [-0.2, 0) is 0 Å². The smallest absolute Gasteiger partial charge is 0.295 e. The van der Waals surface area contributed by atoms with Crippen LogP contribution in [0.3, 0.4) is 0 Å².